The number of amides is 1. The summed E-state index contributed by atoms with van der Waals surface area (Å²) >= 11 is 0. The van der Waals surface area contributed by atoms with Gasteiger partial charge in [-0.25, -0.2) is 0 Å². The molecule has 0 unspecified atom stereocenters. The van der Waals surface area contributed by atoms with Gasteiger partial charge in [0, 0.05) is 18.5 Å². The van der Waals surface area contributed by atoms with Gasteiger partial charge >= 0.3 is 0 Å². The predicted octanol–water partition coefficient (Wildman–Crippen LogP) is 1.49. The molecule has 0 atom stereocenters. The van der Waals surface area contributed by atoms with Crippen molar-refractivity contribution in [3.63, 3.8) is 0 Å². The molecule has 0 heterocycles. The molecule has 4 nitrogen and oxygen atoms in total. The minimum Gasteiger partial charge on any atom is -0.392 e. The van der Waals surface area contributed by atoms with Crippen LogP contribution in [0.1, 0.15) is 25.3 Å². The highest BCUT2D eigenvalue weighted by atomic mass is 16.3. The zero-order valence-corrected chi connectivity index (χ0v) is 9.19. The molecule has 0 aliphatic rings. The van der Waals surface area contributed by atoms with Crippen LogP contribution in [0.25, 0.3) is 0 Å². The Kier molecular flexibility index (Phi) is 4.66. The van der Waals surface area contributed by atoms with Crippen LogP contribution in [0.15, 0.2) is 24.3 Å². The number of aliphatic hydroxyl groups excluding tert-OH is 1. The number of ketones is 1. The zero-order chi connectivity index (χ0) is 12.0. The maximum atomic E-state index is 11.4. The molecule has 0 aliphatic heterocycles. The molecule has 0 fully saturated rings. The van der Waals surface area contributed by atoms with Gasteiger partial charge in [-0.2, -0.15) is 0 Å². The molecule has 0 radical (unpaired) electrons. The molecule has 1 aromatic rings. The number of rotatable bonds is 5. The Morgan fingerprint density at radius 1 is 1.19 bits per heavy atom. The molecular formula is C12H15NO3. The fourth-order valence-electron chi connectivity index (χ4n) is 1.21. The van der Waals surface area contributed by atoms with Gasteiger partial charge in [0.25, 0.3) is 0 Å². The normalized spacial score (nSPS) is 9.88. The highest BCUT2D eigenvalue weighted by molar-refractivity contribution is 5.93. The summed E-state index contributed by atoms with van der Waals surface area (Å²) in [6.07, 6.45) is 0.470. The summed E-state index contributed by atoms with van der Waals surface area (Å²) in [5.74, 6) is -0.169. The number of nitrogens with one attached hydrogen (secondary N) is 1. The third kappa shape index (κ3) is 4.23. The van der Waals surface area contributed by atoms with E-state index in [1.165, 1.54) is 6.92 Å². The number of carbonyl (C=O) groups excluding carboxylic acids is 2. The summed E-state index contributed by atoms with van der Waals surface area (Å²) in [4.78, 5) is 22.0. The topological polar surface area (TPSA) is 66.4 Å². The van der Waals surface area contributed by atoms with Gasteiger partial charge in [-0.1, -0.05) is 12.1 Å². The van der Waals surface area contributed by atoms with E-state index < -0.39 is 0 Å². The van der Waals surface area contributed by atoms with Crippen LogP contribution in [-0.2, 0) is 16.2 Å². The summed E-state index contributed by atoms with van der Waals surface area (Å²) in [6.45, 7) is 1.45. The van der Waals surface area contributed by atoms with E-state index in [0.29, 0.717) is 5.69 Å². The Balaban J connectivity index is 2.46. The highest BCUT2D eigenvalue weighted by Crippen LogP contribution is 2.10. The quantitative estimate of drug-likeness (QED) is 0.791. The van der Waals surface area contributed by atoms with Gasteiger partial charge in [0.05, 0.1) is 6.61 Å². The van der Waals surface area contributed by atoms with Crippen LogP contribution in [0.3, 0.4) is 0 Å². The van der Waals surface area contributed by atoms with Crippen LogP contribution in [0.5, 0.6) is 0 Å². The summed E-state index contributed by atoms with van der Waals surface area (Å²) < 4.78 is 0. The van der Waals surface area contributed by atoms with Gasteiger partial charge in [0.2, 0.25) is 5.91 Å². The smallest absolute Gasteiger partial charge is 0.224 e. The van der Waals surface area contributed by atoms with Gasteiger partial charge in [-0.3, -0.25) is 4.79 Å². The summed E-state index contributed by atoms with van der Waals surface area (Å²) in [6, 6.07) is 6.91. The summed E-state index contributed by atoms with van der Waals surface area (Å²) in [7, 11) is 0. The van der Waals surface area contributed by atoms with Crippen molar-refractivity contribution >= 4 is 17.4 Å². The minimum absolute atomic E-state index is 0.00535. The second-order valence-electron chi connectivity index (χ2n) is 3.61. The van der Waals surface area contributed by atoms with Crippen LogP contribution < -0.4 is 5.32 Å². The maximum absolute atomic E-state index is 11.4. The Hall–Kier alpha value is -1.68. The maximum Gasteiger partial charge on any atom is 0.224 e. The number of benzene rings is 1. The highest BCUT2D eigenvalue weighted by Gasteiger charge is 2.03. The van der Waals surface area contributed by atoms with E-state index in [1.807, 2.05) is 0 Å². The van der Waals surface area contributed by atoms with E-state index in [1.54, 1.807) is 24.3 Å². The average molecular weight is 221 g/mol. The van der Waals surface area contributed by atoms with Crippen molar-refractivity contribution in [2.45, 2.75) is 26.4 Å². The first-order chi connectivity index (χ1) is 7.61. The lowest BCUT2D eigenvalue weighted by Crippen LogP contribution is -2.12. The van der Waals surface area contributed by atoms with Crippen molar-refractivity contribution in [2.75, 3.05) is 5.32 Å². The molecule has 0 aliphatic carbocycles. The Morgan fingerprint density at radius 2 is 1.81 bits per heavy atom. The van der Waals surface area contributed by atoms with Crippen LogP contribution in [0, 0.1) is 0 Å². The molecule has 0 saturated heterocycles. The van der Waals surface area contributed by atoms with Crippen LogP contribution in [-0.4, -0.2) is 16.8 Å². The molecular weight excluding hydrogens is 206 g/mol. The number of hydrogen-bond donors (Lipinski definition) is 2. The van der Waals surface area contributed by atoms with Crippen LogP contribution >= 0.6 is 0 Å². The van der Waals surface area contributed by atoms with Gasteiger partial charge in [-0.05, 0) is 24.6 Å². The number of anilines is 1. The second-order valence-corrected chi connectivity index (χ2v) is 3.61. The zero-order valence-electron chi connectivity index (χ0n) is 9.19. The Bertz CT molecular complexity index is 370. The van der Waals surface area contributed by atoms with Gasteiger partial charge in [0.15, 0.2) is 0 Å². The monoisotopic (exact) mass is 221 g/mol. The molecule has 0 spiro atoms. The third-order valence-corrected chi connectivity index (χ3v) is 2.12. The van der Waals surface area contributed by atoms with Gasteiger partial charge in [0.1, 0.15) is 5.78 Å². The van der Waals surface area contributed by atoms with E-state index in [0.717, 1.165) is 5.56 Å². The summed E-state index contributed by atoms with van der Waals surface area (Å²) in [5, 5.41) is 11.5. The second kappa shape index (κ2) is 6.02. The van der Waals surface area contributed by atoms with E-state index in [4.69, 9.17) is 5.11 Å². The molecule has 1 aromatic carbocycles. The van der Waals surface area contributed by atoms with Crippen molar-refractivity contribution in [3.8, 4) is 0 Å². The Labute approximate surface area is 94.3 Å². The van der Waals surface area contributed by atoms with Gasteiger partial charge in [-0.15, -0.1) is 0 Å². The van der Waals surface area contributed by atoms with Crippen molar-refractivity contribution in [1.29, 1.82) is 0 Å². The van der Waals surface area contributed by atoms with Crippen molar-refractivity contribution < 1.29 is 14.7 Å². The number of carbonyl (C=O) groups is 2. The largest absolute Gasteiger partial charge is 0.392 e. The van der Waals surface area contributed by atoms with Crippen molar-refractivity contribution in [2.24, 2.45) is 0 Å². The first-order valence-electron chi connectivity index (χ1n) is 5.11. The van der Waals surface area contributed by atoms with E-state index in [-0.39, 0.29) is 31.1 Å². The van der Waals surface area contributed by atoms with Crippen LogP contribution in [0.2, 0.25) is 0 Å². The average Bonchev–Trinajstić information content (AvgIpc) is 2.27. The van der Waals surface area contributed by atoms with Crippen molar-refractivity contribution in [3.05, 3.63) is 29.8 Å². The fraction of sp³-hybridized carbons (Fsp3) is 0.333. The molecule has 16 heavy (non-hydrogen) atoms. The van der Waals surface area contributed by atoms with Gasteiger partial charge < -0.3 is 15.2 Å². The third-order valence-electron chi connectivity index (χ3n) is 2.12. The standard InChI is InChI=1S/C12H15NO3/c1-9(15)2-7-12(16)13-11-5-3-10(8-14)4-6-11/h3-6,14H,2,7-8H2,1H3,(H,13,16). The molecule has 0 aromatic heterocycles. The predicted molar refractivity (Wildman–Crippen MR) is 60.9 cm³/mol. The SMILES string of the molecule is CC(=O)CCC(=O)Nc1ccc(CO)cc1. The summed E-state index contributed by atoms with van der Waals surface area (Å²) in [5.41, 5.74) is 1.47. The lowest BCUT2D eigenvalue weighted by atomic mass is 10.2. The lowest BCUT2D eigenvalue weighted by Gasteiger charge is -2.04. The van der Waals surface area contributed by atoms with E-state index in [9.17, 15) is 9.59 Å². The molecule has 2 N–H and O–H groups in total. The van der Waals surface area contributed by atoms with Crippen molar-refractivity contribution in [1.82, 2.24) is 0 Å². The number of hydrogen-bond acceptors (Lipinski definition) is 3. The first-order valence-corrected chi connectivity index (χ1v) is 5.11. The molecule has 1 amide bonds. The molecule has 86 valence electrons. The van der Waals surface area contributed by atoms with Crippen LogP contribution in [0.4, 0.5) is 5.69 Å². The van der Waals surface area contributed by atoms with E-state index in [2.05, 4.69) is 5.32 Å². The number of Topliss-reactive ketones (excluding diaryl/α,β-unsaturated/α-hetero) is 1. The number of aliphatic hydroxyl groups is 1. The molecule has 1 rings (SSSR count). The Morgan fingerprint density at radius 3 is 2.31 bits per heavy atom. The molecule has 0 bridgehead atoms. The lowest BCUT2D eigenvalue weighted by molar-refractivity contribution is -0.121. The minimum atomic E-state index is -0.174. The van der Waals surface area contributed by atoms with E-state index >= 15 is 0 Å². The first kappa shape index (κ1) is 12.4. The fourth-order valence-corrected chi connectivity index (χ4v) is 1.21. The molecule has 4 heteroatoms. The molecule has 0 saturated carbocycles.